The van der Waals surface area contributed by atoms with E-state index in [1.807, 2.05) is 0 Å². The van der Waals surface area contributed by atoms with Gasteiger partial charge in [-0.15, -0.1) is 0 Å². The van der Waals surface area contributed by atoms with Crippen molar-refractivity contribution in [2.45, 2.75) is 12.7 Å². The zero-order valence-electron chi connectivity index (χ0n) is 10.0. The Hall–Kier alpha value is -1.34. The van der Waals surface area contributed by atoms with Crippen LogP contribution in [0.25, 0.3) is 5.69 Å². The Kier molecular flexibility index (Phi) is 3.96. The minimum absolute atomic E-state index is 0.0121. The van der Waals surface area contributed by atoms with Gasteiger partial charge in [-0.3, -0.25) is 0 Å². The Morgan fingerprint density at radius 1 is 1.32 bits per heavy atom. The fraction of sp³-hybridized carbons (Fsp3) is 0.250. The standard InChI is InChI=1S/C12H11BrF3N3/c1-17-7-9-4-5-19(18-9)11-3-2-8(13)6-10(11)12(14,15)16/h2-6,17H,7H2,1H3. The van der Waals surface area contributed by atoms with Crippen molar-refractivity contribution in [3.8, 4) is 5.69 Å². The van der Waals surface area contributed by atoms with Gasteiger partial charge in [0.1, 0.15) is 0 Å². The lowest BCUT2D eigenvalue weighted by atomic mass is 10.1. The lowest BCUT2D eigenvalue weighted by Gasteiger charge is -2.13. The first kappa shape index (κ1) is 14.1. The predicted molar refractivity (Wildman–Crippen MR) is 69.0 cm³/mol. The molecule has 0 unspecified atom stereocenters. The molecule has 7 heteroatoms. The van der Waals surface area contributed by atoms with Gasteiger partial charge in [0.25, 0.3) is 0 Å². The first-order chi connectivity index (χ1) is 8.91. The lowest BCUT2D eigenvalue weighted by Crippen LogP contribution is -2.12. The molecule has 19 heavy (non-hydrogen) atoms. The maximum absolute atomic E-state index is 13.0. The summed E-state index contributed by atoms with van der Waals surface area (Å²) in [6.07, 6.45) is -2.90. The maximum Gasteiger partial charge on any atom is 0.418 e. The van der Waals surface area contributed by atoms with Crippen LogP contribution in [0.5, 0.6) is 0 Å². The summed E-state index contributed by atoms with van der Waals surface area (Å²) in [5.41, 5.74) is -0.0300. The molecule has 0 aliphatic heterocycles. The highest BCUT2D eigenvalue weighted by Gasteiger charge is 2.34. The van der Waals surface area contributed by atoms with E-state index >= 15 is 0 Å². The molecule has 0 amide bonds. The van der Waals surface area contributed by atoms with Crippen LogP contribution in [-0.2, 0) is 12.7 Å². The molecule has 0 radical (unpaired) electrons. The monoisotopic (exact) mass is 333 g/mol. The third-order valence-electron chi connectivity index (χ3n) is 2.51. The molecule has 1 aromatic heterocycles. The van der Waals surface area contributed by atoms with E-state index in [1.54, 1.807) is 19.2 Å². The molecule has 0 saturated heterocycles. The lowest BCUT2D eigenvalue weighted by molar-refractivity contribution is -0.137. The van der Waals surface area contributed by atoms with Crippen molar-refractivity contribution in [1.29, 1.82) is 0 Å². The molecule has 1 N–H and O–H groups in total. The third-order valence-corrected chi connectivity index (χ3v) is 3.01. The van der Waals surface area contributed by atoms with Crippen LogP contribution in [0.4, 0.5) is 13.2 Å². The number of hydrogen-bond donors (Lipinski definition) is 1. The minimum atomic E-state index is -4.42. The van der Waals surface area contributed by atoms with Crippen molar-refractivity contribution in [1.82, 2.24) is 15.1 Å². The summed E-state index contributed by atoms with van der Waals surface area (Å²) in [6, 6.07) is 5.68. The normalized spacial score (nSPS) is 11.8. The van der Waals surface area contributed by atoms with Crippen molar-refractivity contribution in [3.05, 3.63) is 46.2 Å². The fourth-order valence-corrected chi connectivity index (χ4v) is 2.07. The summed E-state index contributed by atoms with van der Waals surface area (Å²) >= 11 is 3.05. The summed E-state index contributed by atoms with van der Waals surface area (Å²) in [6.45, 7) is 0.505. The zero-order chi connectivity index (χ0) is 14.0. The molecule has 1 heterocycles. The SMILES string of the molecule is CNCc1ccn(-c2ccc(Br)cc2C(F)(F)F)n1. The van der Waals surface area contributed by atoms with E-state index in [-0.39, 0.29) is 5.69 Å². The summed E-state index contributed by atoms with van der Waals surface area (Å²) < 4.78 is 40.6. The molecule has 0 bridgehead atoms. The van der Waals surface area contributed by atoms with Gasteiger partial charge in [-0.25, -0.2) is 4.68 Å². The summed E-state index contributed by atoms with van der Waals surface area (Å²) in [4.78, 5) is 0. The van der Waals surface area contributed by atoms with Crippen LogP contribution >= 0.6 is 15.9 Å². The number of benzene rings is 1. The number of nitrogens with one attached hydrogen (secondary N) is 1. The third kappa shape index (κ3) is 3.16. The van der Waals surface area contributed by atoms with Crippen LogP contribution in [0.1, 0.15) is 11.3 Å². The molecule has 0 atom stereocenters. The van der Waals surface area contributed by atoms with E-state index in [9.17, 15) is 13.2 Å². The first-order valence-corrected chi connectivity index (χ1v) is 6.27. The maximum atomic E-state index is 13.0. The average Bonchev–Trinajstić information content (AvgIpc) is 2.77. The van der Waals surface area contributed by atoms with Gasteiger partial charge in [-0.1, -0.05) is 15.9 Å². The Labute approximate surface area is 116 Å². The van der Waals surface area contributed by atoms with E-state index in [0.29, 0.717) is 16.7 Å². The second-order valence-corrected chi connectivity index (χ2v) is 4.86. The van der Waals surface area contributed by atoms with E-state index in [2.05, 4.69) is 26.3 Å². The van der Waals surface area contributed by atoms with Crippen LogP contribution in [0.3, 0.4) is 0 Å². The number of alkyl halides is 3. The van der Waals surface area contributed by atoms with Gasteiger partial charge in [0.2, 0.25) is 0 Å². The molecule has 2 aromatic rings. The number of aromatic nitrogens is 2. The highest BCUT2D eigenvalue weighted by molar-refractivity contribution is 9.10. The van der Waals surface area contributed by atoms with Gasteiger partial charge >= 0.3 is 6.18 Å². The molecule has 0 fully saturated rings. The Morgan fingerprint density at radius 2 is 2.05 bits per heavy atom. The molecule has 2 rings (SSSR count). The summed E-state index contributed by atoms with van der Waals surface area (Å²) in [5.74, 6) is 0. The van der Waals surface area contributed by atoms with E-state index in [1.165, 1.54) is 16.9 Å². The molecule has 0 aliphatic carbocycles. The van der Waals surface area contributed by atoms with E-state index in [4.69, 9.17) is 0 Å². The predicted octanol–water partition coefficient (Wildman–Crippen LogP) is 3.37. The van der Waals surface area contributed by atoms with Gasteiger partial charge in [-0.2, -0.15) is 18.3 Å². The second-order valence-electron chi connectivity index (χ2n) is 3.94. The van der Waals surface area contributed by atoms with Crippen LogP contribution in [0.2, 0.25) is 0 Å². The van der Waals surface area contributed by atoms with Crippen molar-refractivity contribution in [2.24, 2.45) is 0 Å². The van der Waals surface area contributed by atoms with Gasteiger partial charge in [0, 0.05) is 17.2 Å². The van der Waals surface area contributed by atoms with Crippen LogP contribution in [0.15, 0.2) is 34.9 Å². The molecule has 102 valence electrons. The van der Waals surface area contributed by atoms with E-state index < -0.39 is 11.7 Å². The molecule has 0 saturated carbocycles. The molecule has 1 aromatic carbocycles. The van der Waals surface area contributed by atoms with Crippen LogP contribution in [0, 0.1) is 0 Å². The molecular formula is C12H11BrF3N3. The molecular weight excluding hydrogens is 323 g/mol. The Balaban J connectivity index is 2.48. The Morgan fingerprint density at radius 3 is 2.68 bits per heavy atom. The first-order valence-electron chi connectivity index (χ1n) is 5.48. The van der Waals surface area contributed by atoms with E-state index in [0.717, 1.165) is 6.07 Å². The fourth-order valence-electron chi connectivity index (χ4n) is 1.71. The highest BCUT2D eigenvalue weighted by Crippen LogP contribution is 2.35. The number of rotatable bonds is 3. The minimum Gasteiger partial charge on any atom is -0.314 e. The molecule has 3 nitrogen and oxygen atoms in total. The van der Waals surface area contributed by atoms with Gasteiger partial charge in [0.15, 0.2) is 0 Å². The topological polar surface area (TPSA) is 29.9 Å². The zero-order valence-corrected chi connectivity index (χ0v) is 11.6. The molecule has 0 spiro atoms. The highest BCUT2D eigenvalue weighted by atomic mass is 79.9. The number of nitrogens with zero attached hydrogens (tertiary/aromatic N) is 2. The van der Waals surface area contributed by atoms with Crippen LogP contribution < -0.4 is 5.32 Å². The smallest absolute Gasteiger partial charge is 0.314 e. The number of hydrogen-bond acceptors (Lipinski definition) is 2. The number of halogens is 4. The van der Waals surface area contributed by atoms with Gasteiger partial charge < -0.3 is 5.32 Å². The Bertz CT molecular complexity index is 578. The van der Waals surface area contributed by atoms with Crippen molar-refractivity contribution >= 4 is 15.9 Å². The van der Waals surface area contributed by atoms with Crippen LogP contribution in [-0.4, -0.2) is 16.8 Å². The van der Waals surface area contributed by atoms with Gasteiger partial charge in [0.05, 0.1) is 16.9 Å². The van der Waals surface area contributed by atoms with Crippen molar-refractivity contribution in [2.75, 3.05) is 7.05 Å². The van der Waals surface area contributed by atoms with Crippen molar-refractivity contribution < 1.29 is 13.2 Å². The van der Waals surface area contributed by atoms with Crippen molar-refractivity contribution in [3.63, 3.8) is 0 Å². The summed E-state index contributed by atoms with van der Waals surface area (Å²) in [5, 5.41) is 7.01. The molecule has 0 aliphatic rings. The largest absolute Gasteiger partial charge is 0.418 e. The second kappa shape index (κ2) is 5.34. The quantitative estimate of drug-likeness (QED) is 0.933. The average molecular weight is 334 g/mol. The summed E-state index contributed by atoms with van der Waals surface area (Å²) in [7, 11) is 1.75. The van der Waals surface area contributed by atoms with Gasteiger partial charge in [-0.05, 0) is 31.3 Å².